The molecule has 4 rings (SSSR count). The lowest BCUT2D eigenvalue weighted by molar-refractivity contribution is -0.166. The zero-order valence-electron chi connectivity index (χ0n) is 18.9. The van der Waals surface area contributed by atoms with Crippen molar-refractivity contribution < 1.29 is 23.9 Å². The molecule has 0 N–H and O–H groups in total. The Balaban J connectivity index is 1.60. The second kappa shape index (κ2) is 7.56. The highest BCUT2D eigenvalue weighted by atomic mass is 16.5. The number of hydrogen-bond donors (Lipinski definition) is 0. The number of carbonyl (C=O) groups excluding carboxylic acids is 4. The topological polar surface area (TPSA) is 77.5 Å². The van der Waals surface area contributed by atoms with Gasteiger partial charge in [-0.2, -0.15) is 0 Å². The molecular formula is C25H36O5. The molecule has 0 aliphatic heterocycles. The van der Waals surface area contributed by atoms with E-state index in [4.69, 9.17) is 4.74 Å². The van der Waals surface area contributed by atoms with Crippen molar-refractivity contribution in [3.05, 3.63) is 0 Å². The minimum Gasteiger partial charge on any atom is -0.469 e. The van der Waals surface area contributed by atoms with Crippen molar-refractivity contribution in [2.45, 2.75) is 78.6 Å². The van der Waals surface area contributed by atoms with Crippen molar-refractivity contribution in [1.29, 1.82) is 0 Å². The molecule has 4 saturated carbocycles. The molecule has 0 spiro atoms. The molecule has 0 aromatic carbocycles. The van der Waals surface area contributed by atoms with Crippen LogP contribution in [0.25, 0.3) is 0 Å². The Labute approximate surface area is 179 Å². The number of esters is 1. The molecule has 30 heavy (non-hydrogen) atoms. The van der Waals surface area contributed by atoms with E-state index >= 15 is 0 Å². The predicted molar refractivity (Wildman–Crippen MR) is 111 cm³/mol. The standard InChI is InChI=1S/C25H36O5/c1-14(5-8-22(29)30-4)17-6-7-18-23-19(13-21(28)25(17,18)3)24(2)10-9-16(26)11-15(24)12-20(23)27/h14-15,17-19,23H,5-13H2,1-4H3/t14-,15+,17+,18-,19-,23-,24-,25+/m0/s1. The minimum atomic E-state index is -0.472. The van der Waals surface area contributed by atoms with E-state index in [2.05, 4.69) is 20.8 Å². The van der Waals surface area contributed by atoms with E-state index in [-0.39, 0.29) is 52.7 Å². The summed E-state index contributed by atoms with van der Waals surface area (Å²) in [6.45, 7) is 6.50. The highest BCUT2D eigenvalue weighted by Crippen LogP contribution is 2.66. The molecule has 0 amide bonds. The van der Waals surface area contributed by atoms with Gasteiger partial charge in [-0.1, -0.05) is 20.8 Å². The van der Waals surface area contributed by atoms with E-state index in [0.29, 0.717) is 43.7 Å². The van der Waals surface area contributed by atoms with Crippen molar-refractivity contribution in [2.24, 2.45) is 46.3 Å². The number of ketones is 3. The summed E-state index contributed by atoms with van der Waals surface area (Å²) >= 11 is 0. The maximum absolute atomic E-state index is 13.7. The van der Waals surface area contributed by atoms with Crippen LogP contribution >= 0.6 is 0 Å². The summed E-state index contributed by atoms with van der Waals surface area (Å²) in [5.41, 5.74) is -0.544. The van der Waals surface area contributed by atoms with Crippen LogP contribution in [0, 0.1) is 46.3 Å². The van der Waals surface area contributed by atoms with Crippen molar-refractivity contribution in [3.63, 3.8) is 0 Å². The number of carbonyl (C=O) groups is 4. The summed E-state index contributed by atoms with van der Waals surface area (Å²) in [6, 6.07) is 0. The Hall–Kier alpha value is -1.52. The van der Waals surface area contributed by atoms with Gasteiger partial charge in [0.15, 0.2) is 0 Å². The fourth-order valence-electron chi connectivity index (χ4n) is 8.04. The van der Waals surface area contributed by atoms with E-state index in [0.717, 1.165) is 25.7 Å². The quantitative estimate of drug-likeness (QED) is 0.643. The molecule has 4 aliphatic rings. The van der Waals surface area contributed by atoms with Crippen LogP contribution in [0.1, 0.15) is 78.6 Å². The van der Waals surface area contributed by atoms with E-state index < -0.39 is 5.41 Å². The van der Waals surface area contributed by atoms with Gasteiger partial charge in [0.2, 0.25) is 0 Å². The van der Waals surface area contributed by atoms with Crippen LogP contribution in [0.2, 0.25) is 0 Å². The van der Waals surface area contributed by atoms with Crippen LogP contribution in [0.15, 0.2) is 0 Å². The third-order valence-electron chi connectivity index (χ3n) is 9.94. The monoisotopic (exact) mass is 416 g/mol. The molecule has 166 valence electrons. The molecule has 0 aromatic rings. The normalized spacial score (nSPS) is 44.1. The lowest BCUT2D eigenvalue weighted by atomic mass is 9.44. The summed E-state index contributed by atoms with van der Waals surface area (Å²) in [5.74, 6) is 1.41. The van der Waals surface area contributed by atoms with Gasteiger partial charge in [-0.25, -0.2) is 0 Å². The molecule has 4 fully saturated rings. The molecular weight excluding hydrogens is 380 g/mol. The summed E-state index contributed by atoms with van der Waals surface area (Å²) in [6.07, 6.45) is 5.87. The average Bonchev–Trinajstić information content (AvgIpc) is 3.06. The summed E-state index contributed by atoms with van der Waals surface area (Å²) in [7, 11) is 1.41. The highest BCUT2D eigenvalue weighted by molar-refractivity contribution is 5.93. The van der Waals surface area contributed by atoms with Crippen LogP contribution in [-0.4, -0.2) is 30.4 Å². The second-order valence-electron chi connectivity index (χ2n) is 11.0. The SMILES string of the molecule is COC(=O)CC[C@H](C)[C@H]1CC[C@H]2[C@@H]3C(=O)C[C@H]4CC(=O)CC[C@]4(C)[C@H]3CC(=O)[C@]12C. The molecule has 0 bridgehead atoms. The minimum absolute atomic E-state index is 0.0417. The molecule has 4 aliphatic carbocycles. The largest absolute Gasteiger partial charge is 0.469 e. The van der Waals surface area contributed by atoms with E-state index in [1.54, 1.807) is 0 Å². The maximum atomic E-state index is 13.7. The van der Waals surface area contributed by atoms with Gasteiger partial charge < -0.3 is 4.74 Å². The van der Waals surface area contributed by atoms with Crippen LogP contribution in [-0.2, 0) is 23.9 Å². The van der Waals surface area contributed by atoms with Crippen LogP contribution < -0.4 is 0 Å². The molecule has 5 nitrogen and oxygen atoms in total. The first-order valence-corrected chi connectivity index (χ1v) is 11.8. The number of ether oxygens (including phenoxy) is 1. The Bertz CT molecular complexity index is 772. The second-order valence-corrected chi connectivity index (χ2v) is 11.0. The first kappa shape index (κ1) is 21.7. The van der Waals surface area contributed by atoms with Gasteiger partial charge in [0.05, 0.1) is 7.11 Å². The number of hydrogen-bond acceptors (Lipinski definition) is 5. The Kier molecular flexibility index (Phi) is 5.47. The Morgan fingerprint density at radius 2 is 1.83 bits per heavy atom. The molecule has 8 atom stereocenters. The van der Waals surface area contributed by atoms with Crippen molar-refractivity contribution in [2.75, 3.05) is 7.11 Å². The lowest BCUT2D eigenvalue weighted by Gasteiger charge is -2.58. The van der Waals surface area contributed by atoms with Crippen LogP contribution in [0.4, 0.5) is 0 Å². The maximum Gasteiger partial charge on any atom is 0.305 e. The first-order valence-electron chi connectivity index (χ1n) is 11.8. The molecule has 0 heterocycles. The average molecular weight is 417 g/mol. The van der Waals surface area contributed by atoms with E-state index in [1.165, 1.54) is 7.11 Å². The highest BCUT2D eigenvalue weighted by Gasteiger charge is 2.66. The first-order chi connectivity index (χ1) is 14.1. The van der Waals surface area contributed by atoms with Gasteiger partial charge in [0.1, 0.15) is 17.3 Å². The Morgan fingerprint density at radius 3 is 2.53 bits per heavy atom. The van der Waals surface area contributed by atoms with Gasteiger partial charge in [-0.05, 0) is 60.7 Å². The van der Waals surface area contributed by atoms with Gasteiger partial charge in [0.25, 0.3) is 0 Å². The van der Waals surface area contributed by atoms with E-state index in [1.807, 2.05) is 0 Å². The Morgan fingerprint density at radius 1 is 1.10 bits per heavy atom. The number of Topliss-reactive ketones (excluding diaryl/α,β-unsaturated/α-hetero) is 3. The molecule has 0 saturated heterocycles. The summed E-state index contributed by atoms with van der Waals surface area (Å²) < 4.78 is 4.80. The van der Waals surface area contributed by atoms with Crippen LogP contribution in [0.5, 0.6) is 0 Å². The lowest BCUT2D eigenvalue weighted by Crippen LogP contribution is -2.60. The third-order valence-corrected chi connectivity index (χ3v) is 9.94. The fraction of sp³-hybridized carbons (Fsp3) is 0.840. The summed E-state index contributed by atoms with van der Waals surface area (Å²) in [5, 5.41) is 0. The molecule has 0 aromatic heterocycles. The van der Waals surface area contributed by atoms with Crippen molar-refractivity contribution >= 4 is 23.3 Å². The molecule has 5 heteroatoms. The number of fused-ring (bicyclic) bond motifs is 5. The van der Waals surface area contributed by atoms with Crippen molar-refractivity contribution in [3.8, 4) is 0 Å². The van der Waals surface area contributed by atoms with Gasteiger partial charge in [0, 0.05) is 43.4 Å². The fourth-order valence-corrected chi connectivity index (χ4v) is 8.04. The zero-order chi connectivity index (χ0) is 21.8. The number of rotatable bonds is 4. The smallest absolute Gasteiger partial charge is 0.305 e. The van der Waals surface area contributed by atoms with Gasteiger partial charge >= 0.3 is 5.97 Å². The molecule has 0 radical (unpaired) electrons. The number of methoxy groups -OCH3 is 1. The summed E-state index contributed by atoms with van der Waals surface area (Å²) in [4.78, 5) is 50.7. The van der Waals surface area contributed by atoms with Gasteiger partial charge in [-0.15, -0.1) is 0 Å². The molecule has 0 unspecified atom stereocenters. The van der Waals surface area contributed by atoms with Crippen LogP contribution in [0.3, 0.4) is 0 Å². The van der Waals surface area contributed by atoms with Crippen molar-refractivity contribution in [1.82, 2.24) is 0 Å². The predicted octanol–water partition coefficient (Wildman–Crippen LogP) is 4.16. The zero-order valence-corrected chi connectivity index (χ0v) is 18.9. The van der Waals surface area contributed by atoms with E-state index in [9.17, 15) is 19.2 Å². The third kappa shape index (κ3) is 3.10. The van der Waals surface area contributed by atoms with Gasteiger partial charge in [-0.3, -0.25) is 19.2 Å².